The van der Waals surface area contributed by atoms with Crippen LogP contribution in [0, 0.1) is 17.0 Å². The number of nitrogens with two attached hydrogens (primary N) is 1. The molecule has 1 heterocycles. The quantitative estimate of drug-likeness (QED) is 0.464. The highest BCUT2D eigenvalue weighted by molar-refractivity contribution is 5.79. The van der Waals surface area contributed by atoms with Crippen molar-refractivity contribution in [3.05, 3.63) is 33.6 Å². The lowest BCUT2D eigenvalue weighted by atomic mass is 10.1. The summed E-state index contributed by atoms with van der Waals surface area (Å²) in [5.74, 6) is -1.12. The van der Waals surface area contributed by atoms with Gasteiger partial charge in [0.15, 0.2) is 6.10 Å². The molecule has 8 heteroatoms. The number of nitrogens with zero attached hydrogens (tertiary/aromatic N) is 2. The number of pyridine rings is 1. The van der Waals surface area contributed by atoms with Gasteiger partial charge in [0, 0.05) is 17.8 Å². The first kappa shape index (κ1) is 13.0. The predicted molar refractivity (Wildman–Crippen MR) is 55.8 cm³/mol. The summed E-state index contributed by atoms with van der Waals surface area (Å²) < 4.78 is 0. The third kappa shape index (κ3) is 2.74. The SMILES string of the molecule is Cc1ncc(C(O)C(O)C(N)=O)cc1[N+](=O)[O-]. The van der Waals surface area contributed by atoms with Crippen molar-refractivity contribution in [1.82, 2.24) is 4.98 Å². The molecule has 0 bridgehead atoms. The number of hydrogen-bond acceptors (Lipinski definition) is 6. The number of aliphatic hydroxyl groups is 2. The Balaban J connectivity index is 3.11. The van der Waals surface area contributed by atoms with Crippen LogP contribution in [0.2, 0.25) is 0 Å². The molecule has 0 aliphatic carbocycles. The van der Waals surface area contributed by atoms with E-state index in [1.54, 1.807) is 0 Å². The van der Waals surface area contributed by atoms with E-state index in [4.69, 9.17) is 5.73 Å². The monoisotopic (exact) mass is 241 g/mol. The Morgan fingerprint density at radius 2 is 2.18 bits per heavy atom. The number of hydrogen-bond donors (Lipinski definition) is 3. The summed E-state index contributed by atoms with van der Waals surface area (Å²) in [4.78, 5) is 24.3. The van der Waals surface area contributed by atoms with Gasteiger partial charge in [0.1, 0.15) is 11.8 Å². The fourth-order valence-corrected chi connectivity index (χ4v) is 1.22. The molecular formula is C9H11N3O5. The molecule has 1 amide bonds. The predicted octanol–water partition coefficient (Wildman–Crippen LogP) is -0.822. The molecule has 0 fully saturated rings. The summed E-state index contributed by atoms with van der Waals surface area (Å²) in [6, 6.07) is 1.04. The summed E-state index contributed by atoms with van der Waals surface area (Å²) >= 11 is 0. The van der Waals surface area contributed by atoms with Gasteiger partial charge in [-0.3, -0.25) is 19.9 Å². The maximum atomic E-state index is 10.7. The maximum Gasteiger partial charge on any atom is 0.290 e. The first-order valence-corrected chi connectivity index (χ1v) is 4.61. The van der Waals surface area contributed by atoms with Gasteiger partial charge in [-0.1, -0.05) is 0 Å². The molecule has 1 aromatic heterocycles. The highest BCUT2D eigenvalue weighted by Crippen LogP contribution is 2.23. The molecule has 1 rings (SSSR count). The van der Waals surface area contributed by atoms with E-state index in [1.165, 1.54) is 6.92 Å². The lowest BCUT2D eigenvalue weighted by Gasteiger charge is -2.14. The van der Waals surface area contributed by atoms with Gasteiger partial charge < -0.3 is 15.9 Å². The number of aliphatic hydroxyl groups excluding tert-OH is 2. The number of aryl methyl sites for hydroxylation is 1. The van der Waals surface area contributed by atoms with Gasteiger partial charge in [-0.05, 0) is 6.92 Å². The van der Waals surface area contributed by atoms with Gasteiger partial charge in [-0.25, -0.2) is 0 Å². The maximum absolute atomic E-state index is 10.7. The molecule has 0 aliphatic rings. The number of rotatable bonds is 4. The molecule has 8 nitrogen and oxygen atoms in total. The zero-order chi connectivity index (χ0) is 13.2. The van der Waals surface area contributed by atoms with E-state index in [2.05, 4.69) is 4.98 Å². The number of aromatic nitrogens is 1. The van der Waals surface area contributed by atoms with Crippen molar-refractivity contribution < 1.29 is 19.9 Å². The Morgan fingerprint density at radius 3 is 2.65 bits per heavy atom. The fourth-order valence-electron chi connectivity index (χ4n) is 1.22. The molecule has 17 heavy (non-hydrogen) atoms. The molecule has 1 aromatic rings. The number of carbonyl (C=O) groups excluding carboxylic acids is 1. The van der Waals surface area contributed by atoms with E-state index >= 15 is 0 Å². The van der Waals surface area contributed by atoms with Gasteiger partial charge in [0.2, 0.25) is 5.91 Å². The van der Waals surface area contributed by atoms with Crippen molar-refractivity contribution in [2.75, 3.05) is 0 Å². The van der Waals surface area contributed by atoms with Gasteiger partial charge in [-0.2, -0.15) is 0 Å². The topological polar surface area (TPSA) is 140 Å². The highest BCUT2D eigenvalue weighted by Gasteiger charge is 2.25. The van der Waals surface area contributed by atoms with E-state index in [-0.39, 0.29) is 16.9 Å². The molecule has 0 spiro atoms. The summed E-state index contributed by atoms with van der Waals surface area (Å²) in [6.07, 6.45) is -2.34. The van der Waals surface area contributed by atoms with Crippen molar-refractivity contribution in [3.63, 3.8) is 0 Å². The Labute approximate surface area is 95.9 Å². The van der Waals surface area contributed by atoms with E-state index < -0.39 is 23.0 Å². The van der Waals surface area contributed by atoms with E-state index in [9.17, 15) is 25.1 Å². The lowest BCUT2D eigenvalue weighted by Crippen LogP contribution is -2.33. The molecule has 0 aliphatic heterocycles. The third-order valence-electron chi connectivity index (χ3n) is 2.21. The number of amides is 1. The molecule has 0 radical (unpaired) electrons. The lowest BCUT2D eigenvalue weighted by molar-refractivity contribution is -0.385. The van der Waals surface area contributed by atoms with Crippen LogP contribution in [0.4, 0.5) is 5.69 Å². The number of nitro groups is 1. The molecule has 0 saturated heterocycles. The van der Waals surface area contributed by atoms with Crippen LogP contribution in [0.3, 0.4) is 0 Å². The van der Waals surface area contributed by atoms with Gasteiger partial charge in [0.05, 0.1) is 4.92 Å². The standard InChI is InChI=1S/C9H11N3O5/c1-4-6(12(16)17)2-5(3-11-4)7(13)8(14)9(10)15/h2-3,7-8,13-14H,1H3,(H2,10,15). The summed E-state index contributed by atoms with van der Waals surface area (Å²) in [7, 11) is 0. The van der Waals surface area contributed by atoms with Gasteiger partial charge >= 0.3 is 0 Å². The van der Waals surface area contributed by atoms with E-state index in [0.29, 0.717) is 0 Å². The van der Waals surface area contributed by atoms with Crippen LogP contribution < -0.4 is 5.73 Å². The average molecular weight is 241 g/mol. The van der Waals surface area contributed by atoms with E-state index in [0.717, 1.165) is 12.3 Å². The van der Waals surface area contributed by atoms with Crippen LogP contribution in [0.25, 0.3) is 0 Å². The normalized spacial score (nSPS) is 14.1. The minimum Gasteiger partial charge on any atom is -0.385 e. The Hall–Kier alpha value is -2.06. The first-order valence-electron chi connectivity index (χ1n) is 4.61. The van der Waals surface area contributed by atoms with Crippen LogP contribution in [0.1, 0.15) is 17.4 Å². The fraction of sp³-hybridized carbons (Fsp3) is 0.333. The highest BCUT2D eigenvalue weighted by atomic mass is 16.6. The summed E-state index contributed by atoms with van der Waals surface area (Å²) in [5.41, 5.74) is 4.61. The largest absolute Gasteiger partial charge is 0.385 e. The molecule has 0 saturated carbocycles. The third-order valence-corrected chi connectivity index (χ3v) is 2.21. The van der Waals surface area contributed by atoms with Crippen molar-refractivity contribution in [1.29, 1.82) is 0 Å². The van der Waals surface area contributed by atoms with Crippen molar-refractivity contribution in [2.45, 2.75) is 19.1 Å². The molecule has 0 aromatic carbocycles. The number of primary amides is 1. The molecule has 2 atom stereocenters. The molecule has 4 N–H and O–H groups in total. The number of carbonyl (C=O) groups is 1. The second-order valence-electron chi connectivity index (χ2n) is 3.42. The van der Waals surface area contributed by atoms with Crippen molar-refractivity contribution in [3.8, 4) is 0 Å². The van der Waals surface area contributed by atoms with Crippen molar-refractivity contribution >= 4 is 11.6 Å². The average Bonchev–Trinajstić information content (AvgIpc) is 2.27. The van der Waals surface area contributed by atoms with Crippen LogP contribution in [0.15, 0.2) is 12.3 Å². The first-order chi connectivity index (χ1) is 7.84. The zero-order valence-electron chi connectivity index (χ0n) is 8.90. The van der Waals surface area contributed by atoms with E-state index in [1.807, 2.05) is 0 Å². The second kappa shape index (κ2) is 4.85. The van der Waals surface area contributed by atoms with Gasteiger partial charge in [0.25, 0.3) is 5.69 Å². The minimum atomic E-state index is -1.83. The second-order valence-corrected chi connectivity index (χ2v) is 3.42. The molecular weight excluding hydrogens is 230 g/mol. The van der Waals surface area contributed by atoms with Crippen LogP contribution in [-0.2, 0) is 4.79 Å². The molecule has 92 valence electrons. The Kier molecular flexibility index (Phi) is 3.71. The minimum absolute atomic E-state index is 0.0476. The van der Waals surface area contributed by atoms with Crippen LogP contribution >= 0.6 is 0 Å². The zero-order valence-corrected chi connectivity index (χ0v) is 8.90. The Morgan fingerprint density at radius 1 is 1.59 bits per heavy atom. The molecule has 2 unspecified atom stereocenters. The summed E-state index contributed by atoms with van der Waals surface area (Å²) in [6.45, 7) is 1.43. The van der Waals surface area contributed by atoms with Crippen molar-refractivity contribution in [2.24, 2.45) is 5.73 Å². The Bertz CT molecular complexity index is 462. The smallest absolute Gasteiger partial charge is 0.290 e. The van der Waals surface area contributed by atoms with Crippen LogP contribution in [-0.4, -0.2) is 32.1 Å². The van der Waals surface area contributed by atoms with Gasteiger partial charge in [-0.15, -0.1) is 0 Å². The summed E-state index contributed by atoms with van der Waals surface area (Å²) in [5, 5.41) is 29.4. The van der Waals surface area contributed by atoms with Crippen LogP contribution in [0.5, 0.6) is 0 Å².